The number of methoxy groups -OCH3 is 1. The van der Waals surface area contributed by atoms with Crippen LogP contribution in [0.5, 0.6) is 0 Å². The third-order valence-corrected chi connectivity index (χ3v) is 4.55. The van der Waals surface area contributed by atoms with Gasteiger partial charge in [0.1, 0.15) is 5.00 Å². The Balaban J connectivity index is 2.20. The fourth-order valence-corrected chi connectivity index (χ4v) is 3.35. The van der Waals surface area contributed by atoms with Crippen LogP contribution in [-0.4, -0.2) is 30.1 Å². The minimum atomic E-state index is -0.986. The summed E-state index contributed by atoms with van der Waals surface area (Å²) in [5.41, 5.74) is 0.288. The minimum absolute atomic E-state index is 0.288. The Morgan fingerprint density at radius 1 is 1.27 bits per heavy atom. The molecule has 1 aliphatic carbocycles. The largest absolute Gasteiger partial charge is 0.481 e. The van der Waals surface area contributed by atoms with Crippen molar-refractivity contribution < 1.29 is 24.2 Å². The Hall–Kier alpha value is -2.15. The van der Waals surface area contributed by atoms with E-state index in [1.54, 1.807) is 12.1 Å². The smallest absolute Gasteiger partial charge is 0.340 e. The summed E-state index contributed by atoms with van der Waals surface area (Å²) in [7, 11) is 1.27. The number of ether oxygens (including phenoxy) is 1. The van der Waals surface area contributed by atoms with Crippen LogP contribution in [0, 0.1) is 18.8 Å². The Labute approximate surface area is 131 Å². The highest BCUT2D eigenvalue weighted by Crippen LogP contribution is 2.31. The fourth-order valence-electron chi connectivity index (χ4n) is 2.45. The van der Waals surface area contributed by atoms with E-state index >= 15 is 0 Å². The first-order valence-electron chi connectivity index (χ1n) is 6.81. The second-order valence-electron chi connectivity index (χ2n) is 5.07. The number of amides is 1. The van der Waals surface area contributed by atoms with E-state index in [1.807, 2.05) is 13.0 Å². The zero-order valence-corrected chi connectivity index (χ0v) is 13.1. The standard InChI is InChI=1S/C15H17NO5S/c1-8-7-11(15(20)21-2)13(22-8)16-12(17)9-5-3-4-6-10(9)14(18)19/h3-4,7,9-10H,5-6H2,1-2H3,(H,16,17)(H,18,19)/t9-,10+/m1/s1. The number of hydrogen-bond acceptors (Lipinski definition) is 5. The predicted octanol–water partition coefficient (Wildman–Crippen LogP) is 2.45. The van der Waals surface area contributed by atoms with Gasteiger partial charge in [0, 0.05) is 4.88 Å². The number of hydrogen-bond donors (Lipinski definition) is 2. The van der Waals surface area contributed by atoms with Crippen molar-refractivity contribution in [3.63, 3.8) is 0 Å². The molecule has 1 aliphatic rings. The predicted molar refractivity (Wildman–Crippen MR) is 82.0 cm³/mol. The zero-order chi connectivity index (χ0) is 16.3. The molecule has 0 spiro atoms. The summed E-state index contributed by atoms with van der Waals surface area (Å²) >= 11 is 1.26. The van der Waals surface area contributed by atoms with Crippen molar-refractivity contribution in [2.45, 2.75) is 19.8 Å². The number of aryl methyl sites for hydroxylation is 1. The summed E-state index contributed by atoms with van der Waals surface area (Å²) in [4.78, 5) is 36.2. The van der Waals surface area contributed by atoms with Gasteiger partial charge in [0.25, 0.3) is 0 Å². The topological polar surface area (TPSA) is 92.7 Å². The van der Waals surface area contributed by atoms with Crippen LogP contribution in [0.1, 0.15) is 28.1 Å². The average molecular weight is 323 g/mol. The van der Waals surface area contributed by atoms with Crippen LogP contribution >= 0.6 is 11.3 Å². The fraction of sp³-hybridized carbons (Fsp3) is 0.400. The molecule has 0 radical (unpaired) electrons. The molecule has 0 aromatic carbocycles. The van der Waals surface area contributed by atoms with Crippen molar-refractivity contribution in [1.29, 1.82) is 0 Å². The highest BCUT2D eigenvalue weighted by Gasteiger charge is 2.34. The van der Waals surface area contributed by atoms with E-state index in [0.717, 1.165) is 4.88 Å². The molecule has 2 rings (SSSR count). The summed E-state index contributed by atoms with van der Waals surface area (Å²) < 4.78 is 4.69. The molecule has 2 atom stereocenters. The molecule has 1 heterocycles. The van der Waals surface area contributed by atoms with Crippen LogP contribution in [0.2, 0.25) is 0 Å². The monoisotopic (exact) mass is 323 g/mol. The molecule has 0 unspecified atom stereocenters. The van der Waals surface area contributed by atoms with Gasteiger partial charge in [-0.2, -0.15) is 0 Å². The number of carbonyl (C=O) groups is 3. The third-order valence-electron chi connectivity index (χ3n) is 3.58. The number of thiophene rings is 1. The van der Waals surface area contributed by atoms with Crippen LogP contribution in [0.3, 0.4) is 0 Å². The number of esters is 1. The van der Waals surface area contributed by atoms with E-state index in [-0.39, 0.29) is 11.5 Å². The van der Waals surface area contributed by atoms with E-state index in [0.29, 0.717) is 17.8 Å². The molecule has 2 N–H and O–H groups in total. The van der Waals surface area contributed by atoms with E-state index < -0.39 is 23.8 Å². The molecular weight excluding hydrogens is 306 g/mol. The number of carboxylic acid groups (broad SMARTS) is 1. The minimum Gasteiger partial charge on any atom is -0.481 e. The Bertz CT molecular complexity index is 634. The van der Waals surface area contributed by atoms with Gasteiger partial charge in [0.05, 0.1) is 24.5 Å². The lowest BCUT2D eigenvalue weighted by Crippen LogP contribution is -2.34. The van der Waals surface area contributed by atoms with Crippen LogP contribution in [-0.2, 0) is 14.3 Å². The van der Waals surface area contributed by atoms with Crippen LogP contribution in [0.25, 0.3) is 0 Å². The first-order chi connectivity index (χ1) is 10.4. The average Bonchev–Trinajstić information content (AvgIpc) is 2.86. The van der Waals surface area contributed by atoms with Gasteiger partial charge in [-0.3, -0.25) is 9.59 Å². The molecule has 7 heteroatoms. The van der Waals surface area contributed by atoms with Gasteiger partial charge in [-0.15, -0.1) is 11.3 Å². The van der Waals surface area contributed by atoms with Crippen LogP contribution in [0.15, 0.2) is 18.2 Å². The Kier molecular flexibility index (Phi) is 4.97. The lowest BCUT2D eigenvalue weighted by Gasteiger charge is -2.24. The Morgan fingerprint density at radius 3 is 2.50 bits per heavy atom. The zero-order valence-electron chi connectivity index (χ0n) is 12.3. The van der Waals surface area contributed by atoms with Crippen molar-refractivity contribution in [3.05, 3.63) is 28.7 Å². The number of allylic oxidation sites excluding steroid dienone is 2. The molecule has 0 bridgehead atoms. The van der Waals surface area contributed by atoms with Crippen molar-refractivity contribution in [2.75, 3.05) is 12.4 Å². The number of carboxylic acids is 1. The lowest BCUT2D eigenvalue weighted by molar-refractivity contribution is -0.146. The summed E-state index contributed by atoms with van der Waals surface area (Å²) in [6, 6.07) is 1.64. The maximum absolute atomic E-state index is 12.4. The molecule has 6 nitrogen and oxygen atoms in total. The van der Waals surface area contributed by atoms with Gasteiger partial charge < -0.3 is 15.2 Å². The number of carbonyl (C=O) groups excluding carboxylic acids is 2. The highest BCUT2D eigenvalue weighted by molar-refractivity contribution is 7.16. The van der Waals surface area contributed by atoms with Crippen molar-refractivity contribution in [1.82, 2.24) is 0 Å². The van der Waals surface area contributed by atoms with Crippen molar-refractivity contribution >= 4 is 34.2 Å². The molecule has 0 aliphatic heterocycles. The molecule has 0 fully saturated rings. The van der Waals surface area contributed by atoms with Crippen LogP contribution in [0.4, 0.5) is 5.00 Å². The normalized spacial score (nSPS) is 20.5. The summed E-state index contributed by atoms with van der Waals surface area (Å²) in [5.74, 6) is -3.29. The van der Waals surface area contributed by atoms with Gasteiger partial charge in [0.2, 0.25) is 5.91 Å². The maximum Gasteiger partial charge on any atom is 0.340 e. The molecule has 1 aromatic rings. The van der Waals surface area contributed by atoms with Gasteiger partial charge in [-0.05, 0) is 25.8 Å². The molecule has 1 aromatic heterocycles. The number of rotatable bonds is 4. The molecule has 1 amide bonds. The number of nitrogens with one attached hydrogen (secondary N) is 1. The first kappa shape index (κ1) is 16.2. The Morgan fingerprint density at radius 2 is 1.91 bits per heavy atom. The van der Waals surface area contributed by atoms with Crippen molar-refractivity contribution in [2.24, 2.45) is 11.8 Å². The van der Waals surface area contributed by atoms with Gasteiger partial charge in [0.15, 0.2) is 0 Å². The quantitative estimate of drug-likeness (QED) is 0.656. The summed E-state index contributed by atoms with van der Waals surface area (Å²) in [6.45, 7) is 1.82. The van der Waals surface area contributed by atoms with Gasteiger partial charge in [-0.25, -0.2) is 4.79 Å². The highest BCUT2D eigenvalue weighted by atomic mass is 32.1. The molecule has 0 saturated carbocycles. The number of aliphatic carboxylic acids is 1. The summed E-state index contributed by atoms with van der Waals surface area (Å²) in [6.07, 6.45) is 4.30. The van der Waals surface area contributed by atoms with E-state index in [4.69, 9.17) is 0 Å². The van der Waals surface area contributed by atoms with Crippen molar-refractivity contribution in [3.8, 4) is 0 Å². The SMILES string of the molecule is COC(=O)c1cc(C)sc1NC(=O)[C@@H]1CC=CC[C@@H]1C(=O)O. The van der Waals surface area contributed by atoms with Gasteiger partial charge >= 0.3 is 11.9 Å². The van der Waals surface area contributed by atoms with Crippen LogP contribution < -0.4 is 5.32 Å². The second-order valence-corrected chi connectivity index (χ2v) is 6.33. The second kappa shape index (κ2) is 6.74. The molecule has 22 heavy (non-hydrogen) atoms. The number of anilines is 1. The molecule has 118 valence electrons. The lowest BCUT2D eigenvalue weighted by atomic mass is 9.82. The van der Waals surface area contributed by atoms with E-state index in [1.165, 1.54) is 18.4 Å². The third kappa shape index (κ3) is 3.36. The van der Waals surface area contributed by atoms with Gasteiger partial charge in [-0.1, -0.05) is 12.2 Å². The molecular formula is C15H17NO5S. The first-order valence-corrected chi connectivity index (χ1v) is 7.63. The maximum atomic E-state index is 12.4. The van der Waals surface area contributed by atoms with E-state index in [2.05, 4.69) is 10.1 Å². The van der Waals surface area contributed by atoms with E-state index in [9.17, 15) is 19.5 Å². The summed E-state index contributed by atoms with van der Waals surface area (Å²) in [5, 5.41) is 12.3. The molecule has 0 saturated heterocycles.